The highest BCUT2D eigenvalue weighted by Crippen LogP contribution is 2.31. The minimum absolute atomic E-state index is 0.276. The van der Waals surface area contributed by atoms with Gasteiger partial charge in [0.05, 0.1) is 12.8 Å². The van der Waals surface area contributed by atoms with Crippen LogP contribution in [0.1, 0.15) is 32.4 Å². The van der Waals surface area contributed by atoms with Gasteiger partial charge in [-0.15, -0.1) is 0 Å². The fourth-order valence-corrected chi connectivity index (χ4v) is 2.06. The fourth-order valence-electron chi connectivity index (χ4n) is 1.96. The summed E-state index contributed by atoms with van der Waals surface area (Å²) in [5.41, 5.74) is 0.276. The Bertz CT molecular complexity index is 317. The summed E-state index contributed by atoms with van der Waals surface area (Å²) in [6.07, 6.45) is 4.43. The molecule has 0 N–H and O–H groups in total. The topological polar surface area (TPSA) is 16.4 Å². The molecule has 1 fully saturated rings. The van der Waals surface area contributed by atoms with Gasteiger partial charge in [-0.25, -0.2) is 0 Å². The van der Waals surface area contributed by atoms with E-state index in [0.29, 0.717) is 0 Å². The number of thiol groups is 1. The summed E-state index contributed by atoms with van der Waals surface area (Å²) in [4.78, 5) is 2.54. The molecular weight excluding hydrogens is 218 g/mol. The third-order valence-electron chi connectivity index (χ3n) is 3.06. The largest absolute Gasteiger partial charge is 0.468 e. The van der Waals surface area contributed by atoms with Gasteiger partial charge in [0.25, 0.3) is 0 Å². The first kappa shape index (κ1) is 12.1. The summed E-state index contributed by atoms with van der Waals surface area (Å²) in [5, 5.41) is 0. The second kappa shape index (κ2) is 4.84. The highest BCUT2D eigenvalue weighted by molar-refractivity contribution is 7.80. The summed E-state index contributed by atoms with van der Waals surface area (Å²) in [6, 6.07) is 4.79. The third kappa shape index (κ3) is 3.29. The van der Waals surface area contributed by atoms with Crippen LogP contribution in [0.25, 0.3) is 0 Å². The first-order valence-corrected chi connectivity index (χ1v) is 6.61. The molecular formula is C13H21NOS. The lowest BCUT2D eigenvalue weighted by Gasteiger charge is -2.31. The van der Waals surface area contributed by atoms with Crippen molar-refractivity contribution in [3.63, 3.8) is 0 Å². The fraction of sp³-hybridized carbons (Fsp3) is 0.692. The van der Waals surface area contributed by atoms with Crippen LogP contribution in [0.4, 0.5) is 0 Å². The molecule has 0 unspecified atom stereocenters. The number of rotatable bonds is 6. The first-order chi connectivity index (χ1) is 7.61. The summed E-state index contributed by atoms with van der Waals surface area (Å²) in [7, 11) is 0. The van der Waals surface area contributed by atoms with Gasteiger partial charge < -0.3 is 4.42 Å². The van der Waals surface area contributed by atoms with E-state index in [9.17, 15) is 0 Å². The maximum atomic E-state index is 5.43. The first-order valence-electron chi connectivity index (χ1n) is 5.98. The minimum atomic E-state index is 0.276. The van der Waals surface area contributed by atoms with E-state index in [1.807, 2.05) is 6.07 Å². The molecule has 0 radical (unpaired) electrons. The smallest absolute Gasteiger partial charge is 0.117 e. The van der Waals surface area contributed by atoms with Crippen molar-refractivity contribution >= 4 is 12.6 Å². The van der Waals surface area contributed by atoms with Gasteiger partial charge in [-0.05, 0) is 36.1 Å². The maximum absolute atomic E-state index is 5.43. The zero-order valence-corrected chi connectivity index (χ0v) is 11.0. The molecule has 0 amide bonds. The molecule has 0 aromatic carbocycles. The van der Waals surface area contributed by atoms with Crippen LogP contribution in [0.15, 0.2) is 22.8 Å². The van der Waals surface area contributed by atoms with Gasteiger partial charge in [0.2, 0.25) is 0 Å². The lowest BCUT2D eigenvalue weighted by molar-refractivity contribution is 0.167. The number of hydrogen-bond acceptors (Lipinski definition) is 3. The molecule has 90 valence electrons. The van der Waals surface area contributed by atoms with Crippen LogP contribution in [0.3, 0.4) is 0 Å². The van der Waals surface area contributed by atoms with Crippen LogP contribution in [0.5, 0.6) is 0 Å². The molecule has 1 aliphatic carbocycles. The zero-order chi connectivity index (χ0) is 11.6. The lowest BCUT2D eigenvalue weighted by Crippen LogP contribution is -2.36. The summed E-state index contributed by atoms with van der Waals surface area (Å²) < 4.78 is 5.43. The molecule has 0 bridgehead atoms. The standard InChI is InChI=1S/C13H21NOS/c1-13(2,10-16)9-14(11-5-6-11)8-12-4-3-7-15-12/h3-4,7,11,16H,5-6,8-10H2,1-2H3. The molecule has 0 atom stereocenters. The molecule has 16 heavy (non-hydrogen) atoms. The molecule has 0 aliphatic heterocycles. The number of hydrogen-bond donors (Lipinski definition) is 1. The average molecular weight is 239 g/mol. The Balaban J connectivity index is 1.95. The molecule has 2 rings (SSSR count). The molecule has 2 nitrogen and oxygen atoms in total. The molecule has 0 spiro atoms. The van der Waals surface area contributed by atoms with Crippen LogP contribution >= 0.6 is 12.6 Å². The van der Waals surface area contributed by atoms with E-state index in [2.05, 4.69) is 37.4 Å². The van der Waals surface area contributed by atoms with Crippen LogP contribution in [-0.2, 0) is 6.54 Å². The van der Waals surface area contributed by atoms with Crippen molar-refractivity contribution in [2.75, 3.05) is 12.3 Å². The van der Waals surface area contributed by atoms with Crippen LogP contribution in [-0.4, -0.2) is 23.2 Å². The third-order valence-corrected chi connectivity index (χ3v) is 3.92. The van der Waals surface area contributed by atoms with Crippen molar-refractivity contribution in [2.24, 2.45) is 5.41 Å². The molecule has 1 aliphatic rings. The number of furan rings is 1. The van der Waals surface area contributed by atoms with Crippen molar-refractivity contribution in [3.8, 4) is 0 Å². The Morgan fingerprint density at radius 1 is 1.50 bits per heavy atom. The number of nitrogens with zero attached hydrogens (tertiary/aromatic N) is 1. The van der Waals surface area contributed by atoms with Gasteiger partial charge >= 0.3 is 0 Å². The molecule has 1 saturated carbocycles. The van der Waals surface area contributed by atoms with Crippen molar-refractivity contribution in [3.05, 3.63) is 24.2 Å². The zero-order valence-electron chi connectivity index (χ0n) is 10.1. The SMILES string of the molecule is CC(C)(CS)CN(Cc1ccco1)C1CC1. The second-order valence-electron chi connectivity index (χ2n) is 5.54. The van der Waals surface area contributed by atoms with E-state index in [4.69, 9.17) is 4.42 Å². The van der Waals surface area contributed by atoms with Gasteiger partial charge in [0.15, 0.2) is 0 Å². The molecule has 0 saturated heterocycles. The predicted octanol–water partition coefficient (Wildman–Crippen LogP) is 3.20. The lowest BCUT2D eigenvalue weighted by atomic mass is 9.95. The van der Waals surface area contributed by atoms with Crippen LogP contribution < -0.4 is 0 Å². The normalized spacial score (nSPS) is 17.0. The van der Waals surface area contributed by atoms with E-state index in [1.165, 1.54) is 12.8 Å². The predicted molar refractivity (Wildman–Crippen MR) is 69.8 cm³/mol. The van der Waals surface area contributed by atoms with E-state index in [-0.39, 0.29) is 5.41 Å². The molecule has 1 heterocycles. The Labute approximate surface area is 103 Å². The van der Waals surface area contributed by atoms with Crippen molar-refractivity contribution < 1.29 is 4.42 Å². The second-order valence-corrected chi connectivity index (χ2v) is 5.85. The highest BCUT2D eigenvalue weighted by atomic mass is 32.1. The Kier molecular flexibility index (Phi) is 3.65. The average Bonchev–Trinajstić information content (AvgIpc) is 2.97. The Morgan fingerprint density at radius 2 is 2.25 bits per heavy atom. The van der Waals surface area contributed by atoms with E-state index >= 15 is 0 Å². The summed E-state index contributed by atoms with van der Waals surface area (Å²) in [5.74, 6) is 2.00. The monoisotopic (exact) mass is 239 g/mol. The van der Waals surface area contributed by atoms with Crippen LogP contribution in [0, 0.1) is 5.41 Å². The quantitative estimate of drug-likeness (QED) is 0.768. The van der Waals surface area contributed by atoms with Gasteiger partial charge in [0.1, 0.15) is 5.76 Å². The van der Waals surface area contributed by atoms with Gasteiger partial charge in [-0.2, -0.15) is 12.6 Å². The van der Waals surface area contributed by atoms with E-state index in [0.717, 1.165) is 30.6 Å². The van der Waals surface area contributed by atoms with E-state index < -0.39 is 0 Å². The van der Waals surface area contributed by atoms with Crippen molar-refractivity contribution in [2.45, 2.75) is 39.3 Å². The van der Waals surface area contributed by atoms with Gasteiger partial charge in [0, 0.05) is 12.6 Å². The van der Waals surface area contributed by atoms with Gasteiger partial charge in [-0.3, -0.25) is 4.90 Å². The highest BCUT2D eigenvalue weighted by Gasteiger charge is 2.32. The Hall–Kier alpha value is -0.410. The summed E-state index contributed by atoms with van der Waals surface area (Å²) >= 11 is 4.43. The van der Waals surface area contributed by atoms with Crippen LogP contribution in [0.2, 0.25) is 0 Å². The molecule has 1 aromatic heterocycles. The minimum Gasteiger partial charge on any atom is -0.468 e. The molecule has 1 aromatic rings. The Morgan fingerprint density at radius 3 is 2.75 bits per heavy atom. The van der Waals surface area contributed by atoms with E-state index in [1.54, 1.807) is 6.26 Å². The molecule has 3 heteroatoms. The van der Waals surface area contributed by atoms with Crippen molar-refractivity contribution in [1.29, 1.82) is 0 Å². The summed E-state index contributed by atoms with van der Waals surface area (Å²) in [6.45, 7) is 6.59. The van der Waals surface area contributed by atoms with Crippen molar-refractivity contribution in [1.82, 2.24) is 4.90 Å². The van der Waals surface area contributed by atoms with Gasteiger partial charge in [-0.1, -0.05) is 13.8 Å². The maximum Gasteiger partial charge on any atom is 0.117 e.